The Kier molecular flexibility index (Phi) is 8.07. The average Bonchev–Trinajstić information content (AvgIpc) is 2.83. The van der Waals surface area contributed by atoms with Crippen LogP contribution < -0.4 is 9.62 Å². The maximum Gasteiger partial charge on any atom is 0.340 e. The standard InChI is InChI=1S/C26H28N2O5S/c1-4-33-26(30)23-12-8-9-13-24(23)27-25(29)18-28(21-16-14-20(15-17-21)19(2)3)34(31,32)22-10-6-5-7-11-22/h5-17,19H,4,18H2,1-3H3,(H,27,29). The van der Waals surface area contributed by atoms with Gasteiger partial charge in [-0.15, -0.1) is 0 Å². The van der Waals surface area contributed by atoms with Crippen molar-refractivity contribution < 1.29 is 22.7 Å². The molecule has 0 spiro atoms. The van der Waals surface area contributed by atoms with Crippen molar-refractivity contribution in [3.05, 3.63) is 90.0 Å². The Hall–Kier alpha value is -3.65. The molecule has 178 valence electrons. The highest BCUT2D eigenvalue weighted by Gasteiger charge is 2.27. The number of benzene rings is 3. The number of sulfonamides is 1. The Labute approximate surface area is 200 Å². The van der Waals surface area contributed by atoms with Crippen LogP contribution in [0.5, 0.6) is 0 Å². The summed E-state index contributed by atoms with van der Waals surface area (Å²) in [5, 5.41) is 2.66. The lowest BCUT2D eigenvalue weighted by atomic mass is 10.0. The molecule has 0 bridgehead atoms. The van der Waals surface area contributed by atoms with E-state index in [2.05, 4.69) is 5.32 Å². The van der Waals surface area contributed by atoms with Gasteiger partial charge < -0.3 is 10.1 Å². The largest absolute Gasteiger partial charge is 0.462 e. The second-order valence-electron chi connectivity index (χ2n) is 7.89. The number of nitrogens with zero attached hydrogens (tertiary/aromatic N) is 1. The van der Waals surface area contributed by atoms with Gasteiger partial charge in [0.25, 0.3) is 10.0 Å². The van der Waals surface area contributed by atoms with Gasteiger partial charge >= 0.3 is 5.97 Å². The van der Waals surface area contributed by atoms with Crippen LogP contribution in [0.1, 0.15) is 42.6 Å². The van der Waals surface area contributed by atoms with Gasteiger partial charge in [-0.1, -0.05) is 56.3 Å². The molecule has 0 aliphatic rings. The van der Waals surface area contributed by atoms with E-state index in [1.165, 1.54) is 18.2 Å². The Morgan fingerprint density at radius 3 is 2.15 bits per heavy atom. The van der Waals surface area contributed by atoms with Gasteiger partial charge in [0.05, 0.1) is 28.4 Å². The minimum atomic E-state index is -4.03. The lowest BCUT2D eigenvalue weighted by Crippen LogP contribution is -2.38. The van der Waals surface area contributed by atoms with Gasteiger partial charge in [-0.25, -0.2) is 13.2 Å². The van der Waals surface area contributed by atoms with E-state index in [9.17, 15) is 18.0 Å². The SMILES string of the molecule is CCOC(=O)c1ccccc1NC(=O)CN(c1ccc(C(C)C)cc1)S(=O)(=O)c1ccccc1. The Bertz CT molecular complexity index is 1240. The fraction of sp³-hybridized carbons (Fsp3) is 0.231. The van der Waals surface area contributed by atoms with Crippen molar-refractivity contribution in [2.75, 3.05) is 22.8 Å². The summed E-state index contributed by atoms with van der Waals surface area (Å²) in [6.07, 6.45) is 0. The predicted octanol–water partition coefficient (Wildman–Crippen LogP) is 4.82. The number of ether oxygens (including phenoxy) is 1. The number of amides is 1. The van der Waals surface area contributed by atoms with Gasteiger partial charge in [-0.2, -0.15) is 0 Å². The summed E-state index contributed by atoms with van der Waals surface area (Å²) in [4.78, 5) is 25.3. The molecule has 0 saturated carbocycles. The third-order valence-electron chi connectivity index (χ3n) is 5.16. The van der Waals surface area contributed by atoms with Crippen LogP contribution in [0.25, 0.3) is 0 Å². The van der Waals surface area contributed by atoms with E-state index in [0.717, 1.165) is 9.87 Å². The number of hydrogen-bond donors (Lipinski definition) is 1. The number of hydrogen-bond acceptors (Lipinski definition) is 5. The first-order valence-corrected chi connectivity index (χ1v) is 12.4. The van der Waals surface area contributed by atoms with E-state index in [-0.39, 0.29) is 28.7 Å². The lowest BCUT2D eigenvalue weighted by Gasteiger charge is -2.24. The third-order valence-corrected chi connectivity index (χ3v) is 6.95. The van der Waals surface area contributed by atoms with Crippen LogP contribution >= 0.6 is 0 Å². The number of esters is 1. The summed E-state index contributed by atoms with van der Waals surface area (Å²) >= 11 is 0. The summed E-state index contributed by atoms with van der Waals surface area (Å²) < 4.78 is 33.1. The highest BCUT2D eigenvalue weighted by Crippen LogP contribution is 2.26. The minimum Gasteiger partial charge on any atom is -0.462 e. The number of nitrogens with one attached hydrogen (secondary N) is 1. The fourth-order valence-corrected chi connectivity index (χ4v) is 4.80. The number of carbonyl (C=O) groups excluding carboxylic acids is 2. The van der Waals surface area contributed by atoms with E-state index in [1.807, 2.05) is 26.0 Å². The summed E-state index contributed by atoms with van der Waals surface area (Å²) in [5.74, 6) is -0.892. The highest BCUT2D eigenvalue weighted by atomic mass is 32.2. The van der Waals surface area contributed by atoms with Crippen molar-refractivity contribution in [1.82, 2.24) is 0 Å². The number of carbonyl (C=O) groups is 2. The maximum atomic E-state index is 13.5. The molecular weight excluding hydrogens is 452 g/mol. The average molecular weight is 481 g/mol. The third kappa shape index (κ3) is 5.82. The van der Waals surface area contributed by atoms with Crippen molar-refractivity contribution >= 4 is 33.3 Å². The Morgan fingerprint density at radius 2 is 1.53 bits per heavy atom. The molecule has 0 saturated heterocycles. The molecule has 0 radical (unpaired) electrons. The number of anilines is 2. The number of rotatable bonds is 9. The monoisotopic (exact) mass is 480 g/mol. The van der Waals surface area contributed by atoms with Gasteiger partial charge in [0.15, 0.2) is 0 Å². The molecular formula is C26H28N2O5S. The van der Waals surface area contributed by atoms with Crippen LogP contribution in [0.4, 0.5) is 11.4 Å². The summed E-state index contributed by atoms with van der Waals surface area (Å²) in [7, 11) is -4.03. The lowest BCUT2D eigenvalue weighted by molar-refractivity contribution is -0.114. The molecule has 0 heterocycles. The van der Waals surface area contributed by atoms with Crippen LogP contribution in [-0.2, 0) is 19.6 Å². The van der Waals surface area contributed by atoms with Crippen molar-refractivity contribution in [2.45, 2.75) is 31.6 Å². The van der Waals surface area contributed by atoms with Gasteiger partial charge in [-0.05, 0) is 54.8 Å². The molecule has 3 rings (SSSR count). The topological polar surface area (TPSA) is 92.8 Å². The Balaban J connectivity index is 1.94. The molecule has 0 aromatic heterocycles. The van der Waals surface area contributed by atoms with Crippen LogP contribution in [0, 0.1) is 0 Å². The highest BCUT2D eigenvalue weighted by molar-refractivity contribution is 7.92. The maximum absolute atomic E-state index is 13.5. The molecule has 8 heteroatoms. The molecule has 0 fully saturated rings. The fourth-order valence-electron chi connectivity index (χ4n) is 3.36. The molecule has 3 aromatic rings. The van der Waals surface area contributed by atoms with Crippen molar-refractivity contribution in [2.24, 2.45) is 0 Å². The van der Waals surface area contributed by atoms with Gasteiger partial charge in [0.1, 0.15) is 6.54 Å². The summed E-state index contributed by atoms with van der Waals surface area (Å²) in [5.41, 5.74) is 1.85. The predicted molar refractivity (Wildman–Crippen MR) is 133 cm³/mol. The van der Waals surface area contributed by atoms with Crippen molar-refractivity contribution in [1.29, 1.82) is 0 Å². The number of para-hydroxylation sites is 1. The van der Waals surface area contributed by atoms with Gasteiger partial charge in [0.2, 0.25) is 5.91 Å². The van der Waals surface area contributed by atoms with Gasteiger partial charge in [0, 0.05) is 0 Å². The zero-order valence-electron chi connectivity index (χ0n) is 19.4. The second kappa shape index (κ2) is 11.0. The molecule has 1 amide bonds. The molecule has 34 heavy (non-hydrogen) atoms. The van der Waals surface area contributed by atoms with Crippen LogP contribution in [0.3, 0.4) is 0 Å². The second-order valence-corrected chi connectivity index (χ2v) is 9.75. The minimum absolute atomic E-state index is 0.0719. The molecule has 0 aliphatic heterocycles. The first-order chi connectivity index (χ1) is 16.2. The van der Waals surface area contributed by atoms with Crippen LogP contribution in [0.15, 0.2) is 83.8 Å². The quantitative estimate of drug-likeness (QED) is 0.443. The Morgan fingerprint density at radius 1 is 0.912 bits per heavy atom. The zero-order chi connectivity index (χ0) is 24.7. The molecule has 7 nitrogen and oxygen atoms in total. The van der Waals surface area contributed by atoms with E-state index < -0.39 is 28.4 Å². The van der Waals surface area contributed by atoms with E-state index in [1.54, 1.807) is 55.5 Å². The zero-order valence-corrected chi connectivity index (χ0v) is 20.2. The van der Waals surface area contributed by atoms with E-state index in [4.69, 9.17) is 4.74 Å². The molecule has 1 N–H and O–H groups in total. The normalized spacial score (nSPS) is 11.2. The summed E-state index contributed by atoms with van der Waals surface area (Å²) in [6.45, 7) is 5.49. The van der Waals surface area contributed by atoms with Crippen molar-refractivity contribution in [3.63, 3.8) is 0 Å². The van der Waals surface area contributed by atoms with Crippen LogP contribution in [-0.4, -0.2) is 33.4 Å². The van der Waals surface area contributed by atoms with E-state index in [0.29, 0.717) is 5.69 Å². The van der Waals surface area contributed by atoms with Crippen molar-refractivity contribution in [3.8, 4) is 0 Å². The van der Waals surface area contributed by atoms with E-state index >= 15 is 0 Å². The first-order valence-electron chi connectivity index (χ1n) is 11.0. The molecule has 0 atom stereocenters. The van der Waals surface area contributed by atoms with Crippen LogP contribution in [0.2, 0.25) is 0 Å². The smallest absolute Gasteiger partial charge is 0.340 e. The molecule has 3 aromatic carbocycles. The first kappa shape index (κ1) is 25.0. The summed E-state index contributed by atoms with van der Waals surface area (Å²) in [6, 6.07) is 21.5. The molecule has 0 aliphatic carbocycles. The van der Waals surface area contributed by atoms with Gasteiger partial charge in [-0.3, -0.25) is 9.10 Å². The molecule has 0 unspecified atom stereocenters.